The smallest absolute Gasteiger partial charge is 0.332 e. The highest BCUT2D eigenvalue weighted by atomic mass is 16.6. The summed E-state index contributed by atoms with van der Waals surface area (Å²) in [5.41, 5.74) is 0.841. The normalized spacial score (nSPS) is 10.1. The van der Waals surface area contributed by atoms with Crippen molar-refractivity contribution in [3.05, 3.63) is 29.8 Å². The van der Waals surface area contributed by atoms with Crippen molar-refractivity contribution < 1.29 is 28.5 Å². The van der Waals surface area contributed by atoms with E-state index >= 15 is 0 Å². The Morgan fingerprint density at radius 2 is 1.64 bits per heavy atom. The molecule has 22 heavy (non-hydrogen) atoms. The van der Waals surface area contributed by atoms with Crippen LogP contribution in [0.3, 0.4) is 0 Å². The van der Waals surface area contributed by atoms with Crippen LogP contribution in [-0.4, -0.2) is 38.9 Å². The monoisotopic (exact) mass is 310 g/mol. The molecule has 0 atom stereocenters. The fourth-order valence-corrected chi connectivity index (χ4v) is 1.52. The molecule has 0 saturated carbocycles. The fraction of sp³-hybridized carbons (Fsp3) is 0.500. The Kier molecular flexibility index (Phi) is 8.67. The number of carbonyl (C=O) groups excluding carboxylic acids is 2. The SMILES string of the molecule is CCCCOC(=O)COCC(=O)OCc1ccc(OC)cc1. The molecule has 0 aromatic heterocycles. The van der Waals surface area contributed by atoms with Gasteiger partial charge in [-0.3, -0.25) is 0 Å². The van der Waals surface area contributed by atoms with Gasteiger partial charge in [0.25, 0.3) is 0 Å². The summed E-state index contributed by atoms with van der Waals surface area (Å²) < 4.78 is 19.9. The molecular formula is C16H22O6. The van der Waals surface area contributed by atoms with Crippen LogP contribution in [0.15, 0.2) is 24.3 Å². The van der Waals surface area contributed by atoms with Gasteiger partial charge in [-0.2, -0.15) is 0 Å². The summed E-state index contributed by atoms with van der Waals surface area (Å²) >= 11 is 0. The van der Waals surface area contributed by atoms with Crippen molar-refractivity contribution in [2.45, 2.75) is 26.4 Å². The minimum atomic E-state index is -0.530. The molecule has 0 amide bonds. The maximum atomic E-state index is 11.5. The van der Waals surface area contributed by atoms with Crippen molar-refractivity contribution in [1.82, 2.24) is 0 Å². The van der Waals surface area contributed by atoms with E-state index in [-0.39, 0.29) is 19.8 Å². The number of hydrogen-bond donors (Lipinski definition) is 0. The second-order valence-electron chi connectivity index (χ2n) is 4.58. The van der Waals surface area contributed by atoms with E-state index in [0.29, 0.717) is 6.61 Å². The molecule has 122 valence electrons. The van der Waals surface area contributed by atoms with E-state index in [2.05, 4.69) is 0 Å². The van der Waals surface area contributed by atoms with Gasteiger partial charge in [-0.1, -0.05) is 25.5 Å². The van der Waals surface area contributed by atoms with Crippen molar-refractivity contribution in [1.29, 1.82) is 0 Å². The van der Waals surface area contributed by atoms with E-state index in [1.165, 1.54) is 0 Å². The highest BCUT2D eigenvalue weighted by molar-refractivity contribution is 5.73. The predicted molar refractivity (Wildman–Crippen MR) is 79.5 cm³/mol. The fourth-order valence-electron chi connectivity index (χ4n) is 1.52. The van der Waals surface area contributed by atoms with Gasteiger partial charge >= 0.3 is 11.9 Å². The first-order valence-corrected chi connectivity index (χ1v) is 7.17. The molecule has 0 saturated heterocycles. The molecule has 1 rings (SSSR count). The van der Waals surface area contributed by atoms with Crippen LogP contribution in [0.25, 0.3) is 0 Å². The summed E-state index contributed by atoms with van der Waals surface area (Å²) in [6, 6.07) is 7.17. The van der Waals surface area contributed by atoms with Crippen LogP contribution < -0.4 is 4.74 Å². The number of benzene rings is 1. The number of rotatable bonds is 10. The van der Waals surface area contributed by atoms with E-state index in [1.54, 1.807) is 31.4 Å². The van der Waals surface area contributed by atoms with E-state index in [0.717, 1.165) is 24.2 Å². The second kappa shape index (κ2) is 10.6. The number of methoxy groups -OCH3 is 1. The summed E-state index contributed by atoms with van der Waals surface area (Å²) in [6.45, 7) is 2.00. The molecule has 0 aliphatic carbocycles. The number of hydrogen-bond acceptors (Lipinski definition) is 6. The zero-order chi connectivity index (χ0) is 16.2. The van der Waals surface area contributed by atoms with Gasteiger partial charge in [0.05, 0.1) is 13.7 Å². The van der Waals surface area contributed by atoms with Gasteiger partial charge in [0.15, 0.2) is 0 Å². The molecule has 1 aromatic rings. The number of ether oxygens (including phenoxy) is 4. The summed E-state index contributed by atoms with van der Waals surface area (Å²) in [7, 11) is 1.58. The Balaban J connectivity index is 2.13. The van der Waals surface area contributed by atoms with Gasteiger partial charge < -0.3 is 18.9 Å². The standard InChI is InChI=1S/C16H22O6/c1-3-4-9-21-15(17)11-20-12-16(18)22-10-13-5-7-14(19-2)8-6-13/h5-8H,3-4,9-12H2,1-2H3. The van der Waals surface area contributed by atoms with E-state index in [9.17, 15) is 9.59 Å². The van der Waals surface area contributed by atoms with Gasteiger partial charge in [-0.25, -0.2) is 9.59 Å². The van der Waals surface area contributed by atoms with E-state index < -0.39 is 11.9 Å². The molecule has 6 nitrogen and oxygen atoms in total. The molecule has 1 aromatic carbocycles. The second-order valence-corrected chi connectivity index (χ2v) is 4.58. The van der Waals surface area contributed by atoms with Gasteiger partial charge in [0.1, 0.15) is 25.6 Å². The zero-order valence-corrected chi connectivity index (χ0v) is 13.0. The Bertz CT molecular complexity index is 454. The van der Waals surface area contributed by atoms with Gasteiger partial charge in [-0.05, 0) is 24.1 Å². The molecule has 0 heterocycles. The number of unbranched alkanes of at least 4 members (excludes halogenated alkanes) is 1. The Morgan fingerprint density at radius 1 is 1.00 bits per heavy atom. The molecule has 0 N–H and O–H groups in total. The molecule has 0 bridgehead atoms. The third kappa shape index (κ3) is 7.64. The molecule has 0 unspecified atom stereocenters. The predicted octanol–water partition coefficient (Wildman–Crippen LogP) is 2.10. The lowest BCUT2D eigenvalue weighted by Crippen LogP contribution is -2.18. The minimum Gasteiger partial charge on any atom is -0.497 e. The third-order valence-electron chi connectivity index (χ3n) is 2.76. The largest absolute Gasteiger partial charge is 0.497 e. The quantitative estimate of drug-likeness (QED) is 0.487. The van der Waals surface area contributed by atoms with Crippen LogP contribution in [0.5, 0.6) is 5.75 Å². The number of esters is 2. The van der Waals surface area contributed by atoms with Crippen LogP contribution in [0.4, 0.5) is 0 Å². The topological polar surface area (TPSA) is 71.1 Å². The third-order valence-corrected chi connectivity index (χ3v) is 2.76. The molecule has 0 spiro atoms. The van der Waals surface area contributed by atoms with Crippen molar-refractivity contribution in [2.75, 3.05) is 26.9 Å². The van der Waals surface area contributed by atoms with Gasteiger partial charge in [0.2, 0.25) is 0 Å². The van der Waals surface area contributed by atoms with Crippen molar-refractivity contribution in [3.63, 3.8) is 0 Å². The van der Waals surface area contributed by atoms with Crippen LogP contribution in [-0.2, 0) is 30.4 Å². The average Bonchev–Trinajstić information content (AvgIpc) is 2.53. The lowest BCUT2D eigenvalue weighted by atomic mass is 10.2. The first kappa shape index (κ1) is 18.0. The lowest BCUT2D eigenvalue weighted by molar-refractivity contribution is -0.156. The van der Waals surface area contributed by atoms with Crippen molar-refractivity contribution >= 4 is 11.9 Å². The molecular weight excluding hydrogens is 288 g/mol. The first-order valence-electron chi connectivity index (χ1n) is 7.17. The van der Waals surface area contributed by atoms with Gasteiger partial charge in [0, 0.05) is 0 Å². The highest BCUT2D eigenvalue weighted by Gasteiger charge is 2.07. The van der Waals surface area contributed by atoms with Crippen molar-refractivity contribution in [3.8, 4) is 5.75 Å². The Hall–Kier alpha value is -2.08. The van der Waals surface area contributed by atoms with Crippen LogP contribution in [0.1, 0.15) is 25.3 Å². The zero-order valence-electron chi connectivity index (χ0n) is 13.0. The Labute approximate surface area is 130 Å². The van der Waals surface area contributed by atoms with Gasteiger partial charge in [-0.15, -0.1) is 0 Å². The number of carbonyl (C=O) groups is 2. The summed E-state index contributed by atoms with van der Waals surface area (Å²) in [4.78, 5) is 22.7. The van der Waals surface area contributed by atoms with E-state index in [4.69, 9.17) is 18.9 Å². The van der Waals surface area contributed by atoms with E-state index in [1.807, 2.05) is 6.92 Å². The first-order chi connectivity index (χ1) is 10.7. The molecule has 0 radical (unpaired) electrons. The minimum absolute atomic E-state index is 0.146. The molecule has 0 aliphatic heterocycles. The highest BCUT2D eigenvalue weighted by Crippen LogP contribution is 2.11. The summed E-state index contributed by atoms with van der Waals surface area (Å²) in [5.74, 6) is -0.270. The Morgan fingerprint density at radius 3 is 2.23 bits per heavy atom. The van der Waals surface area contributed by atoms with Crippen molar-refractivity contribution in [2.24, 2.45) is 0 Å². The van der Waals surface area contributed by atoms with Crippen LogP contribution in [0.2, 0.25) is 0 Å². The maximum Gasteiger partial charge on any atom is 0.332 e. The molecule has 6 heteroatoms. The molecule has 0 fully saturated rings. The molecule has 0 aliphatic rings. The summed E-state index contributed by atoms with van der Waals surface area (Å²) in [6.07, 6.45) is 1.77. The van der Waals surface area contributed by atoms with Crippen LogP contribution in [0, 0.1) is 0 Å². The van der Waals surface area contributed by atoms with Crippen LogP contribution >= 0.6 is 0 Å². The summed E-state index contributed by atoms with van der Waals surface area (Å²) in [5, 5.41) is 0. The lowest BCUT2D eigenvalue weighted by Gasteiger charge is -2.07. The average molecular weight is 310 g/mol. The maximum absolute atomic E-state index is 11.5.